The van der Waals surface area contributed by atoms with Crippen molar-refractivity contribution in [2.45, 2.75) is 64.5 Å². The van der Waals surface area contributed by atoms with E-state index in [9.17, 15) is 23.3 Å². The normalized spacial score (nSPS) is 22.4. The van der Waals surface area contributed by atoms with Gasteiger partial charge in [-0.3, -0.25) is 14.1 Å². The molecule has 2 saturated carbocycles. The number of nitrogens with zero attached hydrogens (tertiary/aromatic N) is 5. The van der Waals surface area contributed by atoms with Crippen molar-refractivity contribution >= 4 is 32.9 Å². The summed E-state index contributed by atoms with van der Waals surface area (Å²) in [6.07, 6.45) is 5.51. The van der Waals surface area contributed by atoms with Gasteiger partial charge < -0.3 is 14.4 Å². The van der Waals surface area contributed by atoms with Crippen molar-refractivity contribution in [1.29, 1.82) is 5.26 Å². The van der Waals surface area contributed by atoms with E-state index in [-0.39, 0.29) is 45.5 Å². The molecule has 7 rings (SSSR count). The first-order chi connectivity index (χ1) is 22.2. The number of amides is 1. The van der Waals surface area contributed by atoms with Gasteiger partial charge in [0.25, 0.3) is 5.56 Å². The predicted octanol–water partition coefficient (Wildman–Crippen LogP) is 5.16. The van der Waals surface area contributed by atoms with Gasteiger partial charge in [-0.25, -0.2) is 14.2 Å². The van der Waals surface area contributed by atoms with Crippen LogP contribution in [-0.4, -0.2) is 65.0 Å². The van der Waals surface area contributed by atoms with E-state index >= 15 is 4.39 Å². The van der Waals surface area contributed by atoms with Crippen LogP contribution >= 0.6 is 0 Å². The monoisotopic (exact) mass is 664 g/mol. The Balaban J connectivity index is 1.07. The SMILES string of the molecule is CC(C)(C)OC(=O)N1CCC2(CC1)CC(n1cnc3ccc(Oc4c(F)ccc(NS(=O)(=O)N5C[C@H]6C[C@H]6C5)c4C#N)cc3c1=O)C2. The molecule has 14 heteroatoms. The van der Waals surface area contributed by atoms with Gasteiger partial charge in [-0.05, 0) is 100 Å². The first kappa shape index (κ1) is 31.4. The van der Waals surface area contributed by atoms with Gasteiger partial charge in [0.15, 0.2) is 11.6 Å². The molecule has 2 atom stereocenters. The lowest BCUT2D eigenvalue weighted by atomic mass is 9.60. The Kier molecular flexibility index (Phi) is 7.48. The van der Waals surface area contributed by atoms with Gasteiger partial charge in [0, 0.05) is 32.2 Å². The number of piperidine rings is 2. The van der Waals surface area contributed by atoms with Crippen LogP contribution in [0.5, 0.6) is 11.5 Å². The molecule has 12 nitrogen and oxygen atoms in total. The van der Waals surface area contributed by atoms with Crippen LogP contribution in [0.4, 0.5) is 14.9 Å². The van der Waals surface area contributed by atoms with E-state index in [0.29, 0.717) is 43.5 Å². The van der Waals surface area contributed by atoms with Crippen molar-refractivity contribution in [2.75, 3.05) is 30.9 Å². The molecular weight excluding hydrogens is 627 g/mol. The number of ether oxygens (including phenoxy) is 2. The second-order valence-corrected chi connectivity index (χ2v) is 16.0. The number of carbonyl (C=O) groups excluding carboxylic acids is 1. The van der Waals surface area contributed by atoms with Crippen molar-refractivity contribution in [2.24, 2.45) is 17.3 Å². The molecule has 248 valence electrons. The number of halogens is 1. The Labute approximate surface area is 272 Å². The van der Waals surface area contributed by atoms with Gasteiger partial charge >= 0.3 is 16.3 Å². The molecule has 1 N–H and O–H groups in total. The van der Waals surface area contributed by atoms with Crippen molar-refractivity contribution in [3.8, 4) is 17.6 Å². The number of aromatic nitrogens is 2. The maximum atomic E-state index is 15.1. The summed E-state index contributed by atoms with van der Waals surface area (Å²) in [5.41, 5.74) is -0.728. The average molecular weight is 665 g/mol. The summed E-state index contributed by atoms with van der Waals surface area (Å²) >= 11 is 0. The van der Waals surface area contributed by atoms with Gasteiger partial charge in [0.1, 0.15) is 23.0 Å². The van der Waals surface area contributed by atoms with Crippen LogP contribution in [0.25, 0.3) is 10.9 Å². The van der Waals surface area contributed by atoms with Crippen LogP contribution in [0.1, 0.15) is 64.5 Å². The maximum Gasteiger partial charge on any atom is 0.410 e. The third-order valence-corrected chi connectivity index (χ3v) is 11.4. The molecule has 3 aromatic rings. The molecule has 0 unspecified atom stereocenters. The van der Waals surface area contributed by atoms with Crippen LogP contribution in [0.3, 0.4) is 0 Å². The van der Waals surface area contributed by atoms with Gasteiger partial charge in [-0.2, -0.15) is 18.0 Å². The molecule has 2 aromatic carbocycles. The molecule has 1 spiro atoms. The molecule has 4 aliphatic rings. The lowest BCUT2D eigenvalue weighted by Crippen LogP contribution is -2.51. The van der Waals surface area contributed by atoms with Crippen LogP contribution in [0.2, 0.25) is 0 Å². The Morgan fingerprint density at radius 1 is 1.13 bits per heavy atom. The number of hydrogen-bond donors (Lipinski definition) is 1. The molecular formula is C33H37FN6O6S. The van der Waals surface area contributed by atoms with Gasteiger partial charge in [-0.1, -0.05) is 0 Å². The van der Waals surface area contributed by atoms with E-state index in [1.54, 1.807) is 21.9 Å². The number of rotatable bonds is 6. The summed E-state index contributed by atoms with van der Waals surface area (Å²) in [5, 5.41) is 10.2. The largest absolute Gasteiger partial charge is 0.453 e. The van der Waals surface area contributed by atoms with Crippen LogP contribution in [0, 0.1) is 34.4 Å². The van der Waals surface area contributed by atoms with E-state index in [1.807, 2.05) is 26.8 Å². The zero-order valence-corrected chi connectivity index (χ0v) is 27.3. The standard InChI is InChI=1S/C33H37FN6O6S/c1-32(2,3)46-31(42)38-10-8-33(9-11-38)14-22(15-33)40-19-36-27-6-4-23(13-24(27)30(40)41)45-29-25(16-35)28(7-5-26(29)34)37-47(43,44)39-17-20-12-21(20)18-39/h4-7,13,19-22,37H,8-12,14-15,17-18H2,1-3H3/t20-,21+. The summed E-state index contributed by atoms with van der Waals surface area (Å²) in [6.45, 7) is 7.60. The van der Waals surface area contributed by atoms with Crippen molar-refractivity contribution in [1.82, 2.24) is 18.8 Å². The topological polar surface area (TPSA) is 147 Å². The highest BCUT2D eigenvalue weighted by atomic mass is 32.2. The summed E-state index contributed by atoms with van der Waals surface area (Å²) in [6, 6.07) is 8.62. The minimum Gasteiger partial charge on any atom is -0.453 e. The molecule has 4 fully saturated rings. The summed E-state index contributed by atoms with van der Waals surface area (Å²) in [5.74, 6) is -0.456. The van der Waals surface area contributed by atoms with Crippen LogP contribution in [-0.2, 0) is 14.9 Å². The summed E-state index contributed by atoms with van der Waals surface area (Å²) in [4.78, 5) is 32.4. The third kappa shape index (κ3) is 6.02. The van der Waals surface area contributed by atoms with Gasteiger partial charge in [0.05, 0.1) is 22.9 Å². The Morgan fingerprint density at radius 2 is 1.83 bits per heavy atom. The lowest BCUT2D eigenvalue weighted by molar-refractivity contribution is -0.0241. The number of nitriles is 1. The number of carbonyl (C=O) groups is 1. The number of benzene rings is 2. The molecule has 0 radical (unpaired) electrons. The van der Waals surface area contributed by atoms with Crippen LogP contribution < -0.4 is 15.0 Å². The predicted molar refractivity (Wildman–Crippen MR) is 171 cm³/mol. The second kappa shape index (κ2) is 11.2. The Morgan fingerprint density at radius 3 is 2.49 bits per heavy atom. The summed E-state index contributed by atoms with van der Waals surface area (Å²) in [7, 11) is -3.94. The minimum atomic E-state index is -3.94. The third-order valence-electron chi connectivity index (χ3n) is 9.93. The highest BCUT2D eigenvalue weighted by Crippen LogP contribution is 2.54. The molecule has 1 aromatic heterocycles. The fraction of sp³-hybridized carbons (Fsp3) is 0.515. The molecule has 2 aliphatic heterocycles. The second-order valence-electron chi connectivity index (χ2n) is 14.4. The van der Waals surface area contributed by atoms with E-state index in [0.717, 1.165) is 38.2 Å². The van der Waals surface area contributed by atoms with Gasteiger partial charge in [-0.15, -0.1) is 0 Å². The maximum absolute atomic E-state index is 15.1. The Bertz CT molecular complexity index is 1960. The number of hydrogen-bond acceptors (Lipinski definition) is 8. The first-order valence-corrected chi connectivity index (χ1v) is 17.4. The van der Waals surface area contributed by atoms with Crippen molar-refractivity contribution in [3.63, 3.8) is 0 Å². The van der Waals surface area contributed by atoms with E-state index in [2.05, 4.69) is 9.71 Å². The highest BCUT2D eigenvalue weighted by Gasteiger charge is 2.49. The zero-order chi connectivity index (χ0) is 33.3. The molecule has 2 saturated heterocycles. The quantitative estimate of drug-likeness (QED) is 0.380. The number of fused-ring (bicyclic) bond motifs is 2. The Hall–Kier alpha value is -4.22. The average Bonchev–Trinajstić information content (AvgIpc) is 3.61. The molecule has 0 bridgehead atoms. The van der Waals surface area contributed by atoms with E-state index in [1.165, 1.54) is 22.5 Å². The van der Waals surface area contributed by atoms with Gasteiger partial charge in [0.2, 0.25) is 0 Å². The van der Waals surface area contributed by atoms with E-state index in [4.69, 9.17) is 9.47 Å². The van der Waals surface area contributed by atoms with Crippen molar-refractivity contribution in [3.05, 3.63) is 58.4 Å². The highest BCUT2D eigenvalue weighted by molar-refractivity contribution is 7.90. The number of likely N-dealkylation sites (tertiary alicyclic amines) is 1. The zero-order valence-electron chi connectivity index (χ0n) is 26.5. The fourth-order valence-electron chi connectivity index (χ4n) is 7.20. The number of anilines is 1. The first-order valence-electron chi connectivity index (χ1n) is 15.9. The van der Waals surface area contributed by atoms with E-state index < -0.39 is 27.4 Å². The molecule has 2 aliphatic carbocycles. The fourth-order valence-corrected chi connectivity index (χ4v) is 8.55. The minimum absolute atomic E-state index is 0.0501. The molecule has 1 amide bonds. The molecule has 3 heterocycles. The lowest BCUT2D eigenvalue weighted by Gasteiger charge is -2.52. The smallest absolute Gasteiger partial charge is 0.410 e. The molecule has 47 heavy (non-hydrogen) atoms. The summed E-state index contributed by atoms with van der Waals surface area (Å²) < 4.78 is 57.8. The van der Waals surface area contributed by atoms with Crippen molar-refractivity contribution < 1.29 is 27.1 Å². The van der Waals surface area contributed by atoms with Crippen LogP contribution in [0.15, 0.2) is 41.5 Å². The number of nitrogens with one attached hydrogen (secondary N) is 1.